The molecule has 204 valence electrons. The molecule has 0 radical (unpaired) electrons. The van der Waals surface area contributed by atoms with Crippen LogP contribution in [0.2, 0.25) is 0 Å². The van der Waals surface area contributed by atoms with E-state index in [1.807, 2.05) is 6.20 Å². The third kappa shape index (κ3) is 6.14. The Bertz CT molecular complexity index is 1370. The minimum Gasteiger partial charge on any atom is -0.369 e. The van der Waals surface area contributed by atoms with Crippen molar-refractivity contribution in [1.82, 2.24) is 14.6 Å². The second-order valence-corrected chi connectivity index (χ2v) is 13.2. The number of nitrogens with zero attached hydrogens (tertiary/aromatic N) is 1. The van der Waals surface area contributed by atoms with Crippen LogP contribution < -0.4 is 11.1 Å². The van der Waals surface area contributed by atoms with Crippen LogP contribution in [-0.4, -0.2) is 55.0 Å². The maximum absolute atomic E-state index is 13.0. The number of aryl methyl sites for hydroxylation is 1. The first kappa shape index (κ1) is 26.9. The van der Waals surface area contributed by atoms with E-state index >= 15 is 0 Å². The summed E-state index contributed by atoms with van der Waals surface area (Å²) in [7, 11) is -3.25. The highest BCUT2D eigenvalue weighted by molar-refractivity contribution is 7.89. The summed E-state index contributed by atoms with van der Waals surface area (Å²) in [6, 6.07) is 13.2. The van der Waals surface area contributed by atoms with Crippen molar-refractivity contribution in [3.8, 4) is 11.1 Å². The molecule has 7 nitrogen and oxygen atoms in total. The van der Waals surface area contributed by atoms with Crippen LogP contribution in [0.5, 0.6) is 0 Å². The number of sulfonamides is 1. The molecule has 4 N–H and O–H groups in total. The fraction of sp³-hybridized carbons (Fsp3) is 0.500. The van der Waals surface area contributed by atoms with Gasteiger partial charge in [0.2, 0.25) is 15.9 Å². The van der Waals surface area contributed by atoms with Crippen LogP contribution in [0.25, 0.3) is 22.0 Å². The van der Waals surface area contributed by atoms with Gasteiger partial charge in [-0.15, -0.1) is 0 Å². The van der Waals surface area contributed by atoms with Crippen LogP contribution in [0.3, 0.4) is 0 Å². The lowest BCUT2D eigenvalue weighted by Crippen LogP contribution is -2.40. The predicted octanol–water partition coefficient (Wildman–Crippen LogP) is 4.60. The van der Waals surface area contributed by atoms with E-state index in [0.29, 0.717) is 25.6 Å². The number of rotatable bonds is 10. The third-order valence-electron chi connectivity index (χ3n) is 8.31. The maximum Gasteiger partial charge on any atom is 0.221 e. The molecule has 8 heteroatoms. The Labute approximate surface area is 226 Å². The van der Waals surface area contributed by atoms with Crippen LogP contribution >= 0.6 is 0 Å². The average Bonchev–Trinajstić information content (AvgIpc) is 3.57. The first-order valence-electron chi connectivity index (χ1n) is 14.0. The molecular formula is C30H40N4O3S. The van der Waals surface area contributed by atoms with Gasteiger partial charge in [-0.2, -0.15) is 0 Å². The second kappa shape index (κ2) is 11.6. The number of primary amides is 1. The monoisotopic (exact) mass is 536 g/mol. The van der Waals surface area contributed by atoms with Gasteiger partial charge in [-0.3, -0.25) is 4.79 Å². The van der Waals surface area contributed by atoms with Gasteiger partial charge in [-0.05, 0) is 85.9 Å². The average molecular weight is 537 g/mol. The molecule has 5 rings (SSSR count). The van der Waals surface area contributed by atoms with E-state index in [1.165, 1.54) is 36.8 Å². The number of benzene rings is 2. The molecule has 0 atom stereocenters. The number of hydrogen-bond donors (Lipinski definition) is 3. The van der Waals surface area contributed by atoms with Crippen molar-refractivity contribution >= 4 is 26.8 Å². The van der Waals surface area contributed by atoms with Gasteiger partial charge in [-0.1, -0.05) is 42.7 Å². The van der Waals surface area contributed by atoms with Crippen LogP contribution in [0.1, 0.15) is 67.6 Å². The van der Waals surface area contributed by atoms with Crippen molar-refractivity contribution in [3.63, 3.8) is 0 Å². The molecule has 2 heterocycles. The molecule has 0 bridgehead atoms. The highest BCUT2D eigenvalue weighted by Crippen LogP contribution is 2.37. The summed E-state index contributed by atoms with van der Waals surface area (Å²) in [6.45, 7) is 3.92. The molecule has 0 spiro atoms. The molecule has 1 aliphatic carbocycles. The summed E-state index contributed by atoms with van der Waals surface area (Å²) in [5.74, 6) is 0.107. The Hall–Kier alpha value is -2.68. The number of carbonyl (C=O) groups excluding carboxylic acids is 1. The molecule has 1 aromatic heterocycles. The zero-order valence-corrected chi connectivity index (χ0v) is 23.2. The number of aromatic nitrogens is 1. The Balaban J connectivity index is 1.29. The van der Waals surface area contributed by atoms with Gasteiger partial charge in [0.15, 0.2) is 0 Å². The van der Waals surface area contributed by atoms with E-state index in [1.54, 1.807) is 4.31 Å². The van der Waals surface area contributed by atoms with Gasteiger partial charge in [0.1, 0.15) is 0 Å². The number of H-pyrrole nitrogens is 1. The molecule has 1 aliphatic heterocycles. The Morgan fingerprint density at radius 2 is 1.76 bits per heavy atom. The zero-order chi connectivity index (χ0) is 26.7. The normalized spacial score (nSPS) is 17.9. The lowest BCUT2D eigenvalue weighted by atomic mass is 9.88. The molecule has 2 fully saturated rings. The smallest absolute Gasteiger partial charge is 0.221 e. The molecule has 2 aliphatic rings. The first-order valence-corrected chi connectivity index (χ1v) is 15.6. The standard InChI is InChI=1S/C30H40N4O3S/c1-21-7-9-22(10-8-21)24-17-25(19-29(31)35)30-27(18-24)28(20-33-30)23-11-14-34(15-12-23)38(36,37)16-4-13-32-26-5-2-3-6-26/h7-10,17-18,20,23,26,32-33H,2-6,11-16,19H2,1H3,(H2,31,35). The first-order chi connectivity index (χ1) is 18.3. The van der Waals surface area contributed by atoms with Crippen LogP contribution in [0.15, 0.2) is 42.6 Å². The van der Waals surface area contributed by atoms with Crippen LogP contribution in [0, 0.1) is 6.92 Å². The summed E-state index contributed by atoms with van der Waals surface area (Å²) < 4.78 is 27.7. The van der Waals surface area contributed by atoms with Gasteiger partial charge >= 0.3 is 0 Å². The molecule has 0 unspecified atom stereocenters. The number of nitrogens with one attached hydrogen (secondary N) is 2. The SMILES string of the molecule is Cc1ccc(-c2cc(CC(N)=O)c3[nH]cc(C4CCN(S(=O)(=O)CCCNC5CCCC5)CC4)c3c2)cc1. The van der Waals surface area contributed by atoms with Crippen molar-refractivity contribution < 1.29 is 13.2 Å². The minimum atomic E-state index is -3.25. The fourth-order valence-corrected chi connectivity index (χ4v) is 7.70. The van der Waals surface area contributed by atoms with Gasteiger partial charge in [0.25, 0.3) is 0 Å². The third-order valence-corrected chi connectivity index (χ3v) is 10.3. The van der Waals surface area contributed by atoms with E-state index in [4.69, 9.17) is 5.73 Å². The van der Waals surface area contributed by atoms with E-state index in [9.17, 15) is 13.2 Å². The Morgan fingerprint density at radius 3 is 2.45 bits per heavy atom. The molecule has 3 aromatic rings. The van der Waals surface area contributed by atoms with Crippen LogP contribution in [-0.2, 0) is 21.2 Å². The minimum absolute atomic E-state index is 0.169. The van der Waals surface area contributed by atoms with Crippen molar-refractivity contribution in [2.45, 2.75) is 70.3 Å². The Morgan fingerprint density at radius 1 is 1.05 bits per heavy atom. The molecule has 38 heavy (non-hydrogen) atoms. The number of amides is 1. The maximum atomic E-state index is 13.0. The van der Waals surface area contributed by atoms with Gasteiger partial charge < -0.3 is 16.0 Å². The number of aromatic amines is 1. The van der Waals surface area contributed by atoms with Crippen molar-refractivity contribution in [2.75, 3.05) is 25.4 Å². The number of fused-ring (bicyclic) bond motifs is 1. The molecular weight excluding hydrogens is 496 g/mol. The summed E-state index contributed by atoms with van der Waals surface area (Å²) in [6.07, 6.45) is 9.42. The van der Waals surface area contributed by atoms with Crippen molar-refractivity contribution in [2.24, 2.45) is 5.73 Å². The number of hydrogen-bond acceptors (Lipinski definition) is 4. The summed E-state index contributed by atoms with van der Waals surface area (Å²) >= 11 is 0. The highest BCUT2D eigenvalue weighted by Gasteiger charge is 2.30. The predicted molar refractivity (Wildman–Crippen MR) is 154 cm³/mol. The van der Waals surface area contributed by atoms with Gasteiger partial charge in [0.05, 0.1) is 12.2 Å². The molecule has 1 amide bonds. The highest BCUT2D eigenvalue weighted by atomic mass is 32.2. The largest absolute Gasteiger partial charge is 0.369 e. The van der Waals surface area contributed by atoms with E-state index in [2.05, 4.69) is 53.6 Å². The topological polar surface area (TPSA) is 108 Å². The zero-order valence-electron chi connectivity index (χ0n) is 22.3. The fourth-order valence-electron chi connectivity index (χ4n) is 6.17. The lowest BCUT2D eigenvalue weighted by Gasteiger charge is -2.31. The van der Waals surface area contributed by atoms with Crippen molar-refractivity contribution in [3.05, 3.63) is 59.3 Å². The van der Waals surface area contributed by atoms with E-state index < -0.39 is 10.0 Å². The Kier molecular flexibility index (Phi) is 8.21. The lowest BCUT2D eigenvalue weighted by molar-refractivity contribution is -0.117. The quantitative estimate of drug-likeness (QED) is 0.329. The van der Waals surface area contributed by atoms with Crippen LogP contribution in [0.4, 0.5) is 0 Å². The van der Waals surface area contributed by atoms with E-state index in [-0.39, 0.29) is 24.0 Å². The van der Waals surface area contributed by atoms with E-state index in [0.717, 1.165) is 47.0 Å². The molecule has 1 saturated heterocycles. The molecule has 2 aromatic carbocycles. The summed E-state index contributed by atoms with van der Waals surface area (Å²) in [4.78, 5) is 15.2. The van der Waals surface area contributed by atoms with Gasteiger partial charge in [-0.25, -0.2) is 12.7 Å². The molecule has 1 saturated carbocycles. The second-order valence-electron chi connectivity index (χ2n) is 11.1. The van der Waals surface area contributed by atoms with Gasteiger partial charge in [0, 0.05) is 36.2 Å². The summed E-state index contributed by atoms with van der Waals surface area (Å²) in [5.41, 5.74) is 12.0. The number of carbonyl (C=O) groups is 1. The van der Waals surface area contributed by atoms with Crippen molar-refractivity contribution in [1.29, 1.82) is 0 Å². The summed E-state index contributed by atoms with van der Waals surface area (Å²) in [5, 5.41) is 4.62. The number of piperidine rings is 1. The number of nitrogens with two attached hydrogens (primary N) is 1.